The van der Waals surface area contributed by atoms with Crippen molar-refractivity contribution in [1.82, 2.24) is 0 Å². The first-order chi connectivity index (χ1) is 10.0. The Labute approximate surface area is 125 Å². The summed E-state index contributed by atoms with van der Waals surface area (Å²) in [5.41, 5.74) is 3.04. The van der Waals surface area contributed by atoms with Crippen LogP contribution in [0.1, 0.15) is 24.5 Å². The number of rotatable bonds is 2. The highest BCUT2D eigenvalue weighted by molar-refractivity contribution is 5.91. The Balaban J connectivity index is 1.94. The molecule has 0 spiro atoms. The van der Waals surface area contributed by atoms with Crippen molar-refractivity contribution in [2.75, 3.05) is 13.7 Å². The van der Waals surface area contributed by atoms with Crippen molar-refractivity contribution in [2.45, 2.75) is 25.9 Å². The molecule has 0 unspecified atom stereocenters. The third kappa shape index (κ3) is 2.54. The van der Waals surface area contributed by atoms with Crippen LogP contribution < -0.4 is 4.74 Å². The number of hydrogen-bond donors (Lipinski definition) is 0. The molecule has 0 radical (unpaired) electrons. The Morgan fingerprint density at radius 2 is 2.24 bits per heavy atom. The van der Waals surface area contributed by atoms with Gasteiger partial charge in [0.05, 0.1) is 19.3 Å². The molecule has 1 aromatic carbocycles. The van der Waals surface area contributed by atoms with E-state index in [1.54, 1.807) is 13.2 Å². The van der Waals surface area contributed by atoms with E-state index in [2.05, 4.69) is 19.1 Å². The van der Waals surface area contributed by atoms with Crippen LogP contribution in [0.5, 0.6) is 5.75 Å². The number of methoxy groups -OCH3 is 1. The van der Waals surface area contributed by atoms with Gasteiger partial charge in [-0.25, -0.2) is 0 Å². The molecule has 1 saturated heterocycles. The maximum Gasteiger partial charge on any atom is 0.156 e. The van der Waals surface area contributed by atoms with Gasteiger partial charge >= 0.3 is 0 Å². The zero-order valence-corrected chi connectivity index (χ0v) is 12.7. The molecule has 0 N–H and O–H groups in total. The quantitative estimate of drug-likeness (QED) is 0.835. The van der Waals surface area contributed by atoms with E-state index in [4.69, 9.17) is 9.47 Å². The first-order valence-electron chi connectivity index (χ1n) is 7.23. The molecule has 1 aliphatic carbocycles. The Bertz CT molecular complexity index is 642. The van der Waals surface area contributed by atoms with Gasteiger partial charge in [0.25, 0.3) is 0 Å². The van der Waals surface area contributed by atoms with E-state index < -0.39 is 0 Å². The summed E-state index contributed by atoms with van der Waals surface area (Å²) in [6.07, 6.45) is 6.21. The van der Waals surface area contributed by atoms with Crippen molar-refractivity contribution in [2.24, 2.45) is 5.92 Å². The van der Waals surface area contributed by atoms with E-state index in [9.17, 15) is 4.79 Å². The van der Waals surface area contributed by atoms with Crippen LogP contribution in [0.15, 0.2) is 35.9 Å². The molecule has 1 aliphatic heterocycles. The van der Waals surface area contributed by atoms with E-state index in [-0.39, 0.29) is 17.3 Å². The minimum Gasteiger partial charge on any atom is -0.496 e. The summed E-state index contributed by atoms with van der Waals surface area (Å²) < 4.78 is 11.3. The lowest BCUT2D eigenvalue weighted by molar-refractivity contribution is -0.117. The molecule has 110 valence electrons. The van der Waals surface area contributed by atoms with Crippen LogP contribution >= 0.6 is 0 Å². The van der Waals surface area contributed by atoms with Crippen LogP contribution in [0.3, 0.4) is 0 Å². The first-order valence-corrected chi connectivity index (χ1v) is 7.23. The Kier molecular flexibility index (Phi) is 3.46. The van der Waals surface area contributed by atoms with Gasteiger partial charge in [0.1, 0.15) is 5.75 Å². The van der Waals surface area contributed by atoms with Crippen molar-refractivity contribution in [3.05, 3.63) is 47.1 Å². The van der Waals surface area contributed by atoms with Gasteiger partial charge in [-0.15, -0.1) is 0 Å². The second-order valence-electron chi connectivity index (χ2n) is 5.98. The molecule has 0 bridgehead atoms. The Hall–Kier alpha value is -1.87. The number of carbonyl (C=O) groups is 1. The van der Waals surface area contributed by atoms with Gasteiger partial charge in [0.15, 0.2) is 5.78 Å². The van der Waals surface area contributed by atoms with Gasteiger partial charge in [0, 0.05) is 12.3 Å². The van der Waals surface area contributed by atoms with Crippen LogP contribution in [0.4, 0.5) is 0 Å². The average molecular weight is 284 g/mol. The fourth-order valence-electron chi connectivity index (χ4n) is 3.12. The number of ketones is 1. The van der Waals surface area contributed by atoms with Gasteiger partial charge in [-0.1, -0.05) is 18.2 Å². The number of ether oxygens (including phenoxy) is 2. The number of aryl methyl sites for hydroxylation is 1. The zero-order valence-electron chi connectivity index (χ0n) is 12.7. The molecule has 0 saturated carbocycles. The minimum atomic E-state index is -0.339. The number of hydrogen-bond acceptors (Lipinski definition) is 3. The van der Waals surface area contributed by atoms with E-state index in [0.717, 1.165) is 16.9 Å². The molecule has 21 heavy (non-hydrogen) atoms. The van der Waals surface area contributed by atoms with Crippen molar-refractivity contribution < 1.29 is 14.3 Å². The summed E-state index contributed by atoms with van der Waals surface area (Å²) in [6, 6.07) is 6.14. The highest BCUT2D eigenvalue weighted by Crippen LogP contribution is 2.42. The van der Waals surface area contributed by atoms with Gasteiger partial charge in [0.2, 0.25) is 0 Å². The monoisotopic (exact) mass is 284 g/mol. The summed E-state index contributed by atoms with van der Waals surface area (Å²) >= 11 is 0. The normalized spacial score (nSPS) is 29.8. The third-order valence-electron chi connectivity index (χ3n) is 4.48. The second-order valence-corrected chi connectivity index (χ2v) is 5.98. The maximum atomic E-state index is 11.7. The van der Waals surface area contributed by atoms with Crippen LogP contribution in [-0.4, -0.2) is 25.1 Å². The van der Waals surface area contributed by atoms with E-state index in [0.29, 0.717) is 13.0 Å². The fourth-order valence-corrected chi connectivity index (χ4v) is 3.12. The molecule has 1 fully saturated rings. The molecule has 0 aromatic heterocycles. The number of carbonyl (C=O) groups excluding carboxylic acids is 1. The van der Waals surface area contributed by atoms with E-state index in [1.807, 2.05) is 25.1 Å². The summed E-state index contributed by atoms with van der Waals surface area (Å²) in [4.78, 5) is 11.7. The molecule has 1 aromatic rings. The third-order valence-corrected chi connectivity index (χ3v) is 4.48. The molecule has 3 rings (SSSR count). The van der Waals surface area contributed by atoms with Crippen molar-refractivity contribution in [3.63, 3.8) is 0 Å². The summed E-state index contributed by atoms with van der Waals surface area (Å²) in [5.74, 6) is 1.20. The second kappa shape index (κ2) is 5.15. The predicted octanol–water partition coefficient (Wildman–Crippen LogP) is 3.32. The smallest absolute Gasteiger partial charge is 0.156 e. The van der Waals surface area contributed by atoms with Gasteiger partial charge in [-0.3, -0.25) is 4.79 Å². The highest BCUT2D eigenvalue weighted by Gasteiger charge is 2.44. The lowest BCUT2D eigenvalue weighted by Gasteiger charge is -2.29. The predicted molar refractivity (Wildman–Crippen MR) is 82.3 cm³/mol. The van der Waals surface area contributed by atoms with Crippen molar-refractivity contribution in [1.29, 1.82) is 0 Å². The number of fused-ring (bicyclic) bond motifs is 1. The molecular weight excluding hydrogens is 264 g/mol. The summed E-state index contributed by atoms with van der Waals surface area (Å²) in [5, 5.41) is 0. The van der Waals surface area contributed by atoms with Crippen LogP contribution in [0.2, 0.25) is 0 Å². The molecule has 2 atom stereocenters. The highest BCUT2D eigenvalue weighted by atomic mass is 16.5. The van der Waals surface area contributed by atoms with Gasteiger partial charge in [-0.05, 0) is 48.8 Å². The van der Waals surface area contributed by atoms with Crippen LogP contribution in [0, 0.1) is 12.8 Å². The maximum absolute atomic E-state index is 11.7. The molecule has 2 aliphatic rings. The summed E-state index contributed by atoms with van der Waals surface area (Å²) in [7, 11) is 1.68. The zero-order chi connectivity index (χ0) is 15.0. The first kappa shape index (κ1) is 14.1. The van der Waals surface area contributed by atoms with E-state index >= 15 is 0 Å². The number of allylic oxidation sites excluding steroid dienone is 1. The molecule has 1 heterocycles. The van der Waals surface area contributed by atoms with Gasteiger partial charge < -0.3 is 9.47 Å². The standard InChI is InChI=1S/C18H20O3/c1-12-4-5-13(9-17(12)20-3)8-14-11-21-18(2)7-6-15(19)10-16(14)18/h4-9,16H,10-11H2,1-3H3/b14-8-/t16-,18-/m1/s1. The van der Waals surface area contributed by atoms with Crippen molar-refractivity contribution >= 4 is 11.9 Å². The molecule has 3 nitrogen and oxygen atoms in total. The molecule has 3 heteroatoms. The van der Waals surface area contributed by atoms with E-state index in [1.165, 1.54) is 5.57 Å². The summed E-state index contributed by atoms with van der Waals surface area (Å²) in [6.45, 7) is 4.66. The SMILES string of the molecule is COc1cc(/C=C2/CO[C@]3(C)C=CC(=O)C[C@H]23)ccc1C. The lowest BCUT2D eigenvalue weighted by atomic mass is 9.78. The number of benzene rings is 1. The van der Waals surface area contributed by atoms with Gasteiger partial charge in [-0.2, -0.15) is 0 Å². The average Bonchev–Trinajstić information content (AvgIpc) is 2.78. The fraction of sp³-hybridized carbons (Fsp3) is 0.389. The largest absolute Gasteiger partial charge is 0.496 e. The minimum absolute atomic E-state index is 0.141. The lowest BCUT2D eigenvalue weighted by Crippen LogP contribution is -2.34. The molecular formula is C18H20O3. The Morgan fingerprint density at radius 1 is 1.43 bits per heavy atom. The van der Waals surface area contributed by atoms with Crippen molar-refractivity contribution in [3.8, 4) is 5.75 Å². The Morgan fingerprint density at radius 3 is 3.00 bits per heavy atom. The van der Waals surface area contributed by atoms with Crippen LogP contribution in [0.25, 0.3) is 6.08 Å². The van der Waals surface area contributed by atoms with Crippen LogP contribution in [-0.2, 0) is 9.53 Å². The topological polar surface area (TPSA) is 35.5 Å². The molecule has 0 amide bonds.